The Kier molecular flexibility index (Phi) is 5.33. The van der Waals surface area contributed by atoms with E-state index in [1.54, 1.807) is 18.2 Å². The fourth-order valence-corrected chi connectivity index (χ4v) is 2.39. The third-order valence-corrected chi connectivity index (χ3v) is 3.69. The van der Waals surface area contributed by atoms with Gasteiger partial charge in [-0.25, -0.2) is 14.0 Å². The summed E-state index contributed by atoms with van der Waals surface area (Å²) in [5.74, 6) is -2.10. The standard InChI is InChI=1S/C16H13BrFNO4/c1-22-15(20)10-6-3-4-9-19(14(10)16(21)23-2)12-8-5-7-11(17)13(12)18/h3-9H,1-2H3. The summed E-state index contributed by atoms with van der Waals surface area (Å²) >= 11 is 3.10. The first-order valence-electron chi connectivity index (χ1n) is 6.50. The largest absolute Gasteiger partial charge is 0.465 e. The van der Waals surface area contributed by atoms with Gasteiger partial charge in [0, 0.05) is 6.20 Å². The van der Waals surface area contributed by atoms with E-state index in [9.17, 15) is 14.0 Å². The van der Waals surface area contributed by atoms with E-state index in [0.29, 0.717) is 0 Å². The average molecular weight is 382 g/mol. The smallest absolute Gasteiger partial charge is 0.355 e. The predicted molar refractivity (Wildman–Crippen MR) is 85.9 cm³/mol. The van der Waals surface area contributed by atoms with Gasteiger partial charge < -0.3 is 14.4 Å². The summed E-state index contributed by atoms with van der Waals surface area (Å²) in [5.41, 5.74) is -0.0915. The maximum absolute atomic E-state index is 14.4. The molecule has 2 rings (SSSR count). The van der Waals surface area contributed by atoms with Gasteiger partial charge >= 0.3 is 11.9 Å². The van der Waals surface area contributed by atoms with Crippen LogP contribution in [0.25, 0.3) is 0 Å². The molecule has 0 aromatic heterocycles. The third-order valence-electron chi connectivity index (χ3n) is 3.08. The van der Waals surface area contributed by atoms with Crippen LogP contribution >= 0.6 is 15.9 Å². The van der Waals surface area contributed by atoms with E-state index in [4.69, 9.17) is 9.47 Å². The Morgan fingerprint density at radius 3 is 2.48 bits per heavy atom. The molecule has 0 spiro atoms. The highest BCUT2D eigenvalue weighted by atomic mass is 79.9. The van der Waals surface area contributed by atoms with Crippen LogP contribution in [-0.4, -0.2) is 26.2 Å². The first-order valence-corrected chi connectivity index (χ1v) is 7.29. The summed E-state index contributed by atoms with van der Waals surface area (Å²) in [4.78, 5) is 25.4. The first kappa shape index (κ1) is 17.0. The summed E-state index contributed by atoms with van der Waals surface area (Å²) in [6.07, 6.45) is 5.98. The summed E-state index contributed by atoms with van der Waals surface area (Å²) < 4.78 is 24.1. The van der Waals surface area contributed by atoms with E-state index in [0.717, 1.165) is 0 Å². The van der Waals surface area contributed by atoms with Crippen LogP contribution < -0.4 is 4.90 Å². The molecule has 0 amide bonds. The molecule has 0 saturated heterocycles. The first-order chi connectivity index (χ1) is 11.0. The highest BCUT2D eigenvalue weighted by Gasteiger charge is 2.29. The second-order valence-electron chi connectivity index (χ2n) is 4.39. The summed E-state index contributed by atoms with van der Waals surface area (Å²) in [7, 11) is 2.37. The molecule has 1 aliphatic heterocycles. The molecule has 0 atom stereocenters. The number of methoxy groups -OCH3 is 2. The van der Waals surface area contributed by atoms with E-state index in [1.165, 1.54) is 43.5 Å². The molecule has 0 radical (unpaired) electrons. The Hall–Kier alpha value is -2.41. The van der Waals surface area contributed by atoms with Crippen molar-refractivity contribution < 1.29 is 23.5 Å². The molecular formula is C16H13BrFNO4. The van der Waals surface area contributed by atoms with Crippen molar-refractivity contribution in [2.75, 3.05) is 19.1 Å². The van der Waals surface area contributed by atoms with Crippen molar-refractivity contribution in [3.8, 4) is 0 Å². The van der Waals surface area contributed by atoms with E-state index < -0.39 is 17.8 Å². The van der Waals surface area contributed by atoms with Gasteiger partial charge in [0.1, 0.15) is 5.70 Å². The third kappa shape index (κ3) is 3.34. The lowest BCUT2D eigenvalue weighted by Crippen LogP contribution is -2.27. The van der Waals surface area contributed by atoms with Crippen LogP contribution in [0.5, 0.6) is 0 Å². The Balaban J connectivity index is 2.71. The zero-order valence-corrected chi connectivity index (χ0v) is 14.0. The average Bonchev–Trinajstić information content (AvgIpc) is 2.78. The van der Waals surface area contributed by atoms with E-state index in [1.807, 2.05) is 0 Å². The number of carbonyl (C=O) groups is 2. The highest BCUT2D eigenvalue weighted by molar-refractivity contribution is 9.10. The zero-order chi connectivity index (χ0) is 17.0. The number of allylic oxidation sites excluding steroid dienone is 2. The number of benzene rings is 1. The molecule has 0 bridgehead atoms. The number of hydrogen-bond donors (Lipinski definition) is 0. The second kappa shape index (κ2) is 7.23. The van der Waals surface area contributed by atoms with Crippen LogP contribution in [0.1, 0.15) is 0 Å². The lowest BCUT2D eigenvalue weighted by atomic mass is 10.1. The van der Waals surface area contributed by atoms with Gasteiger partial charge in [0.15, 0.2) is 5.82 Å². The molecule has 1 aromatic rings. The number of carbonyl (C=O) groups excluding carboxylic acids is 2. The van der Waals surface area contributed by atoms with Crippen molar-refractivity contribution in [2.24, 2.45) is 0 Å². The minimum absolute atomic E-state index is 0.0382. The van der Waals surface area contributed by atoms with Crippen molar-refractivity contribution in [1.82, 2.24) is 0 Å². The predicted octanol–water partition coefficient (Wildman–Crippen LogP) is 3.08. The van der Waals surface area contributed by atoms with E-state index in [2.05, 4.69) is 15.9 Å². The van der Waals surface area contributed by atoms with Crippen LogP contribution in [0, 0.1) is 5.82 Å². The van der Waals surface area contributed by atoms with Gasteiger partial charge in [0.25, 0.3) is 0 Å². The van der Waals surface area contributed by atoms with Gasteiger partial charge in [0.2, 0.25) is 0 Å². The van der Waals surface area contributed by atoms with Crippen LogP contribution in [0.2, 0.25) is 0 Å². The molecule has 1 heterocycles. The fourth-order valence-electron chi connectivity index (χ4n) is 2.03. The number of rotatable bonds is 3. The monoisotopic (exact) mass is 381 g/mol. The SMILES string of the molecule is COC(=O)C1=C(C(=O)OC)N(c2cccc(Br)c2F)C=CC=C1. The molecule has 1 aliphatic rings. The molecule has 0 saturated carbocycles. The van der Waals surface area contributed by atoms with Crippen LogP contribution in [0.3, 0.4) is 0 Å². The van der Waals surface area contributed by atoms with Gasteiger partial charge in [0.05, 0.1) is 30.0 Å². The van der Waals surface area contributed by atoms with Crippen LogP contribution in [0.4, 0.5) is 10.1 Å². The summed E-state index contributed by atoms with van der Waals surface area (Å²) in [5, 5.41) is 0. The number of anilines is 1. The number of esters is 2. The maximum atomic E-state index is 14.4. The highest BCUT2D eigenvalue weighted by Crippen LogP contribution is 2.31. The molecule has 0 unspecified atom stereocenters. The Bertz CT molecular complexity index is 740. The van der Waals surface area contributed by atoms with Gasteiger partial charge in [-0.1, -0.05) is 12.1 Å². The molecule has 120 valence electrons. The van der Waals surface area contributed by atoms with Crippen molar-refractivity contribution in [3.63, 3.8) is 0 Å². The normalized spacial score (nSPS) is 13.8. The Labute approximate surface area is 140 Å². The molecule has 5 nitrogen and oxygen atoms in total. The lowest BCUT2D eigenvalue weighted by Gasteiger charge is -2.23. The van der Waals surface area contributed by atoms with Crippen molar-refractivity contribution in [1.29, 1.82) is 0 Å². The molecule has 7 heteroatoms. The minimum Gasteiger partial charge on any atom is -0.465 e. The van der Waals surface area contributed by atoms with Crippen molar-refractivity contribution >= 4 is 33.6 Å². The second-order valence-corrected chi connectivity index (χ2v) is 5.24. The summed E-state index contributed by atoms with van der Waals surface area (Å²) in [6.45, 7) is 0. The number of halogens is 2. The Morgan fingerprint density at radius 1 is 1.13 bits per heavy atom. The number of ether oxygens (including phenoxy) is 2. The molecule has 23 heavy (non-hydrogen) atoms. The van der Waals surface area contributed by atoms with E-state index in [-0.39, 0.29) is 21.4 Å². The molecular weight excluding hydrogens is 369 g/mol. The topological polar surface area (TPSA) is 55.8 Å². The number of nitrogens with zero attached hydrogens (tertiary/aromatic N) is 1. The van der Waals surface area contributed by atoms with Crippen LogP contribution in [-0.2, 0) is 19.1 Å². The number of hydrogen-bond acceptors (Lipinski definition) is 5. The maximum Gasteiger partial charge on any atom is 0.355 e. The molecule has 0 aliphatic carbocycles. The van der Waals surface area contributed by atoms with Gasteiger partial charge in [-0.05, 0) is 40.2 Å². The fraction of sp³-hybridized carbons (Fsp3) is 0.125. The van der Waals surface area contributed by atoms with E-state index >= 15 is 0 Å². The van der Waals surface area contributed by atoms with Crippen molar-refractivity contribution in [3.05, 3.63) is 64.2 Å². The van der Waals surface area contributed by atoms with Gasteiger partial charge in [-0.2, -0.15) is 0 Å². The zero-order valence-electron chi connectivity index (χ0n) is 12.4. The quantitative estimate of drug-likeness (QED) is 0.753. The lowest BCUT2D eigenvalue weighted by molar-refractivity contribution is -0.139. The van der Waals surface area contributed by atoms with Gasteiger partial charge in [-0.3, -0.25) is 0 Å². The van der Waals surface area contributed by atoms with Crippen molar-refractivity contribution in [2.45, 2.75) is 0 Å². The summed E-state index contributed by atoms with van der Waals surface area (Å²) in [6, 6.07) is 4.62. The van der Waals surface area contributed by atoms with Crippen LogP contribution in [0.15, 0.2) is 58.4 Å². The molecule has 0 N–H and O–H groups in total. The molecule has 0 fully saturated rings. The van der Waals surface area contributed by atoms with Gasteiger partial charge in [-0.15, -0.1) is 0 Å². The minimum atomic E-state index is -0.791. The molecule has 1 aromatic carbocycles. The Morgan fingerprint density at radius 2 is 1.83 bits per heavy atom.